The van der Waals surface area contributed by atoms with Gasteiger partial charge in [-0.25, -0.2) is 4.98 Å². The highest BCUT2D eigenvalue weighted by molar-refractivity contribution is 7.13. The summed E-state index contributed by atoms with van der Waals surface area (Å²) in [6, 6.07) is 11.3. The Morgan fingerprint density at radius 1 is 1.10 bits per heavy atom. The number of thiazole rings is 1. The maximum atomic E-state index is 5.79. The molecule has 2 heterocycles. The lowest BCUT2D eigenvalue weighted by atomic mass is 10.1. The fourth-order valence-corrected chi connectivity index (χ4v) is 2.56. The van der Waals surface area contributed by atoms with E-state index in [2.05, 4.69) is 15.2 Å². The van der Waals surface area contributed by atoms with Gasteiger partial charge in [0.05, 0.1) is 12.8 Å². The molecule has 0 spiro atoms. The molecule has 0 bridgehead atoms. The van der Waals surface area contributed by atoms with Crippen molar-refractivity contribution >= 4 is 17.0 Å². The van der Waals surface area contributed by atoms with Crippen LogP contribution in [-0.4, -0.2) is 22.3 Å². The Bertz CT molecular complexity index is 724. The zero-order valence-corrected chi connectivity index (χ0v) is 11.6. The van der Waals surface area contributed by atoms with Gasteiger partial charge in [0.2, 0.25) is 5.88 Å². The van der Waals surface area contributed by atoms with E-state index in [1.807, 2.05) is 35.7 Å². The Labute approximate surface area is 120 Å². The maximum Gasteiger partial charge on any atom is 0.233 e. The fraction of sp³-hybridized carbons (Fsp3) is 0.0714. The topological polar surface area (TPSA) is 73.9 Å². The maximum absolute atomic E-state index is 5.79. The number of benzene rings is 1. The second kappa shape index (κ2) is 5.26. The predicted octanol–water partition coefficient (Wildman–Crippen LogP) is 2.86. The molecule has 3 aromatic rings. The van der Waals surface area contributed by atoms with Crippen molar-refractivity contribution in [2.45, 2.75) is 0 Å². The summed E-state index contributed by atoms with van der Waals surface area (Å²) < 4.78 is 4.99. The van der Waals surface area contributed by atoms with Gasteiger partial charge in [-0.1, -0.05) is 12.1 Å². The van der Waals surface area contributed by atoms with Crippen LogP contribution >= 0.6 is 11.3 Å². The summed E-state index contributed by atoms with van der Waals surface area (Å²) in [5.41, 5.74) is 9.11. The lowest BCUT2D eigenvalue weighted by Gasteiger charge is -1.99. The molecule has 2 N–H and O–H groups in total. The van der Waals surface area contributed by atoms with Gasteiger partial charge < -0.3 is 10.5 Å². The highest BCUT2D eigenvalue weighted by Gasteiger charge is 2.08. The molecular formula is C14H12N4OS. The van der Waals surface area contributed by atoms with E-state index in [4.69, 9.17) is 10.5 Å². The van der Waals surface area contributed by atoms with Crippen LogP contribution in [0.2, 0.25) is 0 Å². The quantitative estimate of drug-likeness (QED) is 0.749. The Morgan fingerprint density at radius 3 is 2.70 bits per heavy atom. The van der Waals surface area contributed by atoms with Gasteiger partial charge in [0, 0.05) is 22.7 Å². The molecule has 5 nitrogen and oxygen atoms in total. The molecular weight excluding hydrogens is 272 g/mol. The number of hydrogen-bond donors (Lipinski definition) is 1. The summed E-state index contributed by atoms with van der Waals surface area (Å²) in [5, 5.41) is 10.8. The molecule has 0 aliphatic heterocycles. The van der Waals surface area contributed by atoms with Crippen molar-refractivity contribution in [3.05, 3.63) is 41.8 Å². The van der Waals surface area contributed by atoms with Gasteiger partial charge in [0.25, 0.3) is 0 Å². The average molecular weight is 284 g/mol. The second-order valence-electron chi connectivity index (χ2n) is 4.12. The minimum absolute atomic E-state index is 0.487. The SMILES string of the molecule is COc1ccc(-c2nc(-c3cccc(N)c3)cs2)nn1. The molecule has 0 fully saturated rings. The van der Waals surface area contributed by atoms with Crippen LogP contribution in [0.15, 0.2) is 41.8 Å². The number of aromatic nitrogens is 3. The first-order chi connectivity index (χ1) is 9.76. The first-order valence-electron chi connectivity index (χ1n) is 5.96. The minimum atomic E-state index is 0.487. The zero-order valence-electron chi connectivity index (χ0n) is 10.8. The monoisotopic (exact) mass is 284 g/mol. The van der Waals surface area contributed by atoms with Crippen molar-refractivity contribution in [2.24, 2.45) is 0 Å². The Kier molecular flexibility index (Phi) is 3.30. The van der Waals surface area contributed by atoms with E-state index in [9.17, 15) is 0 Å². The smallest absolute Gasteiger partial charge is 0.233 e. The van der Waals surface area contributed by atoms with E-state index < -0.39 is 0 Å². The summed E-state index contributed by atoms with van der Waals surface area (Å²) in [4.78, 5) is 4.57. The van der Waals surface area contributed by atoms with Crippen LogP contribution in [0, 0.1) is 0 Å². The normalized spacial score (nSPS) is 10.4. The Hall–Kier alpha value is -2.47. The molecule has 6 heteroatoms. The number of ether oxygens (including phenoxy) is 1. The molecule has 100 valence electrons. The molecule has 0 radical (unpaired) electrons. The van der Waals surface area contributed by atoms with Crippen LogP contribution in [0.1, 0.15) is 0 Å². The van der Waals surface area contributed by atoms with E-state index >= 15 is 0 Å². The van der Waals surface area contributed by atoms with E-state index in [1.54, 1.807) is 13.2 Å². The Morgan fingerprint density at radius 2 is 2.00 bits per heavy atom. The number of anilines is 1. The molecule has 0 unspecified atom stereocenters. The number of hydrogen-bond acceptors (Lipinski definition) is 6. The van der Waals surface area contributed by atoms with E-state index in [1.165, 1.54) is 11.3 Å². The van der Waals surface area contributed by atoms with Gasteiger partial charge in [0.1, 0.15) is 10.7 Å². The van der Waals surface area contributed by atoms with Gasteiger partial charge in [-0.15, -0.1) is 21.5 Å². The molecule has 0 saturated heterocycles. The molecule has 0 atom stereocenters. The third-order valence-corrected chi connectivity index (χ3v) is 3.62. The largest absolute Gasteiger partial charge is 0.480 e. The summed E-state index contributed by atoms with van der Waals surface area (Å²) in [6.07, 6.45) is 0. The van der Waals surface area contributed by atoms with Gasteiger partial charge in [-0.2, -0.15) is 0 Å². The van der Waals surface area contributed by atoms with Crippen molar-refractivity contribution in [3.8, 4) is 27.8 Å². The highest BCUT2D eigenvalue weighted by Crippen LogP contribution is 2.28. The number of nitrogens with zero attached hydrogens (tertiary/aromatic N) is 3. The molecule has 0 aliphatic carbocycles. The standard InChI is InChI=1S/C14H12N4OS/c1-19-13-6-5-11(17-18-13)14-16-12(8-20-14)9-3-2-4-10(15)7-9/h2-8H,15H2,1H3. The molecule has 0 aliphatic rings. The Balaban J connectivity index is 1.93. The van der Waals surface area contributed by atoms with Gasteiger partial charge in [-0.3, -0.25) is 0 Å². The van der Waals surface area contributed by atoms with Gasteiger partial charge in [0.15, 0.2) is 0 Å². The summed E-state index contributed by atoms with van der Waals surface area (Å²) in [7, 11) is 1.56. The minimum Gasteiger partial charge on any atom is -0.480 e. The van der Waals surface area contributed by atoms with Crippen LogP contribution in [0.25, 0.3) is 22.0 Å². The van der Waals surface area contributed by atoms with E-state index in [-0.39, 0.29) is 0 Å². The first-order valence-corrected chi connectivity index (χ1v) is 6.84. The first kappa shape index (κ1) is 12.6. The summed E-state index contributed by atoms with van der Waals surface area (Å²) in [5.74, 6) is 0.487. The molecule has 2 aromatic heterocycles. The highest BCUT2D eigenvalue weighted by atomic mass is 32.1. The van der Waals surface area contributed by atoms with Crippen LogP contribution in [0.5, 0.6) is 5.88 Å². The van der Waals surface area contributed by atoms with Crippen molar-refractivity contribution in [2.75, 3.05) is 12.8 Å². The van der Waals surface area contributed by atoms with Crippen molar-refractivity contribution in [1.82, 2.24) is 15.2 Å². The number of nitrogen functional groups attached to an aromatic ring is 1. The molecule has 1 aromatic carbocycles. The zero-order chi connectivity index (χ0) is 13.9. The number of nitrogens with two attached hydrogens (primary N) is 1. The van der Waals surface area contributed by atoms with Crippen LogP contribution in [0.3, 0.4) is 0 Å². The third-order valence-electron chi connectivity index (χ3n) is 2.75. The number of rotatable bonds is 3. The lowest BCUT2D eigenvalue weighted by Crippen LogP contribution is -1.91. The van der Waals surface area contributed by atoms with Crippen molar-refractivity contribution in [1.29, 1.82) is 0 Å². The fourth-order valence-electron chi connectivity index (χ4n) is 1.76. The molecule has 0 saturated carbocycles. The van der Waals surface area contributed by atoms with E-state index in [0.717, 1.165) is 27.6 Å². The van der Waals surface area contributed by atoms with E-state index in [0.29, 0.717) is 5.88 Å². The third kappa shape index (κ3) is 2.46. The van der Waals surface area contributed by atoms with Crippen LogP contribution < -0.4 is 10.5 Å². The number of methoxy groups -OCH3 is 1. The predicted molar refractivity (Wildman–Crippen MR) is 79.5 cm³/mol. The summed E-state index contributed by atoms with van der Waals surface area (Å²) in [6.45, 7) is 0. The molecule has 3 rings (SSSR count). The van der Waals surface area contributed by atoms with Gasteiger partial charge >= 0.3 is 0 Å². The van der Waals surface area contributed by atoms with Gasteiger partial charge in [-0.05, 0) is 18.2 Å². The summed E-state index contributed by atoms with van der Waals surface area (Å²) >= 11 is 1.52. The van der Waals surface area contributed by atoms with Crippen LogP contribution in [0.4, 0.5) is 5.69 Å². The molecule has 0 amide bonds. The second-order valence-corrected chi connectivity index (χ2v) is 4.98. The van der Waals surface area contributed by atoms with Crippen molar-refractivity contribution < 1.29 is 4.74 Å². The van der Waals surface area contributed by atoms with Crippen LogP contribution in [-0.2, 0) is 0 Å². The lowest BCUT2D eigenvalue weighted by molar-refractivity contribution is 0.392. The van der Waals surface area contributed by atoms with Crippen molar-refractivity contribution in [3.63, 3.8) is 0 Å². The molecule has 20 heavy (non-hydrogen) atoms. The average Bonchev–Trinajstić information content (AvgIpc) is 2.97.